The van der Waals surface area contributed by atoms with Crippen molar-refractivity contribution in [1.29, 1.82) is 0 Å². The molecule has 0 bridgehead atoms. The number of rotatable bonds is 4. The standard InChI is InChI=1S/C17H16Cl2N2O2/c18-11-5-6-15(13(19)8-11)23-9-16(22)21-14-7-10-3-1-2-4-12(10)17(14)20/h1-6,8,14,17H,7,9,20H2,(H,21,22). The minimum absolute atomic E-state index is 0.121. The lowest BCUT2D eigenvalue weighted by molar-refractivity contribution is -0.123. The number of halogens is 2. The molecule has 0 radical (unpaired) electrons. The number of benzene rings is 2. The van der Waals surface area contributed by atoms with Gasteiger partial charge in [-0.25, -0.2) is 0 Å². The maximum absolute atomic E-state index is 12.1. The van der Waals surface area contributed by atoms with Gasteiger partial charge in [-0.15, -0.1) is 0 Å². The molecule has 23 heavy (non-hydrogen) atoms. The van der Waals surface area contributed by atoms with Crippen molar-refractivity contribution in [3.63, 3.8) is 0 Å². The summed E-state index contributed by atoms with van der Waals surface area (Å²) in [4.78, 5) is 12.1. The summed E-state index contributed by atoms with van der Waals surface area (Å²) in [5.41, 5.74) is 8.45. The van der Waals surface area contributed by atoms with Crippen LogP contribution in [0.15, 0.2) is 42.5 Å². The van der Waals surface area contributed by atoms with Crippen LogP contribution in [0.4, 0.5) is 0 Å². The molecular weight excluding hydrogens is 335 g/mol. The number of hydrogen-bond acceptors (Lipinski definition) is 3. The first-order chi connectivity index (χ1) is 11.0. The molecule has 6 heteroatoms. The summed E-state index contributed by atoms with van der Waals surface area (Å²) >= 11 is 11.8. The molecule has 120 valence electrons. The molecule has 0 saturated carbocycles. The van der Waals surface area contributed by atoms with Gasteiger partial charge in [0, 0.05) is 5.02 Å². The van der Waals surface area contributed by atoms with Gasteiger partial charge in [0.2, 0.25) is 0 Å². The summed E-state index contributed by atoms with van der Waals surface area (Å²) < 4.78 is 5.43. The highest BCUT2D eigenvalue weighted by Gasteiger charge is 2.30. The van der Waals surface area contributed by atoms with Crippen molar-refractivity contribution in [2.75, 3.05) is 6.61 Å². The average molecular weight is 351 g/mol. The van der Waals surface area contributed by atoms with Crippen LogP contribution in [0.1, 0.15) is 17.2 Å². The van der Waals surface area contributed by atoms with Crippen LogP contribution in [0.5, 0.6) is 5.75 Å². The van der Waals surface area contributed by atoms with E-state index in [1.807, 2.05) is 24.3 Å². The fraction of sp³-hybridized carbons (Fsp3) is 0.235. The van der Waals surface area contributed by atoms with Crippen molar-refractivity contribution < 1.29 is 9.53 Å². The van der Waals surface area contributed by atoms with Crippen molar-refractivity contribution in [2.45, 2.75) is 18.5 Å². The zero-order valence-corrected chi connectivity index (χ0v) is 13.8. The Labute approximate surface area is 144 Å². The van der Waals surface area contributed by atoms with E-state index in [4.69, 9.17) is 33.7 Å². The number of ether oxygens (including phenoxy) is 1. The molecule has 4 nitrogen and oxygen atoms in total. The first-order valence-corrected chi connectivity index (χ1v) is 8.01. The lowest BCUT2D eigenvalue weighted by Crippen LogP contribution is -2.42. The van der Waals surface area contributed by atoms with E-state index in [-0.39, 0.29) is 24.6 Å². The maximum Gasteiger partial charge on any atom is 0.258 e. The Kier molecular flexibility index (Phi) is 4.76. The van der Waals surface area contributed by atoms with Crippen LogP contribution in [-0.2, 0) is 11.2 Å². The van der Waals surface area contributed by atoms with Crippen molar-refractivity contribution in [3.8, 4) is 5.75 Å². The zero-order valence-electron chi connectivity index (χ0n) is 12.3. The minimum Gasteiger partial charge on any atom is -0.482 e. The van der Waals surface area contributed by atoms with Gasteiger partial charge in [0.1, 0.15) is 5.75 Å². The molecule has 0 heterocycles. The Balaban J connectivity index is 1.56. The Morgan fingerprint density at radius 3 is 2.78 bits per heavy atom. The van der Waals surface area contributed by atoms with Crippen LogP contribution in [0.3, 0.4) is 0 Å². The Morgan fingerprint density at radius 1 is 1.26 bits per heavy atom. The zero-order chi connectivity index (χ0) is 16.4. The van der Waals surface area contributed by atoms with Gasteiger partial charge in [0.05, 0.1) is 17.1 Å². The van der Waals surface area contributed by atoms with Gasteiger partial charge >= 0.3 is 0 Å². The maximum atomic E-state index is 12.1. The predicted molar refractivity (Wildman–Crippen MR) is 91.0 cm³/mol. The van der Waals surface area contributed by atoms with Gasteiger partial charge in [-0.05, 0) is 35.7 Å². The monoisotopic (exact) mass is 350 g/mol. The van der Waals surface area contributed by atoms with E-state index in [2.05, 4.69) is 5.32 Å². The smallest absolute Gasteiger partial charge is 0.258 e. The average Bonchev–Trinajstić information content (AvgIpc) is 2.83. The quantitative estimate of drug-likeness (QED) is 0.890. The van der Waals surface area contributed by atoms with Gasteiger partial charge < -0.3 is 15.8 Å². The molecule has 0 aromatic heterocycles. The van der Waals surface area contributed by atoms with Crippen LogP contribution >= 0.6 is 23.2 Å². The third-order valence-corrected chi connectivity index (χ3v) is 4.42. The van der Waals surface area contributed by atoms with Crippen molar-refractivity contribution >= 4 is 29.1 Å². The van der Waals surface area contributed by atoms with Crippen molar-refractivity contribution in [2.24, 2.45) is 5.73 Å². The molecule has 0 fully saturated rings. The highest BCUT2D eigenvalue weighted by atomic mass is 35.5. The molecular formula is C17H16Cl2N2O2. The summed E-state index contributed by atoms with van der Waals surface area (Å²) in [5, 5.41) is 3.80. The van der Waals surface area contributed by atoms with Gasteiger partial charge in [-0.3, -0.25) is 4.79 Å². The number of nitrogens with one attached hydrogen (secondary N) is 1. The number of hydrogen-bond donors (Lipinski definition) is 2. The fourth-order valence-corrected chi connectivity index (χ4v) is 3.21. The summed E-state index contributed by atoms with van der Waals surface area (Å²) in [6.45, 7) is -0.124. The highest BCUT2D eigenvalue weighted by molar-refractivity contribution is 6.35. The van der Waals surface area contributed by atoms with Gasteiger partial charge in [-0.2, -0.15) is 0 Å². The lowest BCUT2D eigenvalue weighted by Gasteiger charge is -2.18. The van der Waals surface area contributed by atoms with Crippen LogP contribution in [0, 0.1) is 0 Å². The second kappa shape index (κ2) is 6.79. The molecule has 0 spiro atoms. The van der Waals surface area contributed by atoms with E-state index in [9.17, 15) is 4.79 Å². The second-order valence-corrected chi connectivity index (χ2v) is 6.31. The normalized spacial score (nSPS) is 19.3. The van der Waals surface area contributed by atoms with E-state index in [1.165, 1.54) is 5.56 Å². The van der Waals surface area contributed by atoms with Crippen LogP contribution in [0.25, 0.3) is 0 Å². The number of nitrogens with two attached hydrogens (primary N) is 1. The molecule has 2 atom stereocenters. The van der Waals surface area contributed by atoms with Gasteiger partial charge in [0.15, 0.2) is 6.61 Å². The fourth-order valence-electron chi connectivity index (χ4n) is 2.75. The molecule has 0 aliphatic heterocycles. The topological polar surface area (TPSA) is 64.3 Å². The molecule has 2 unspecified atom stereocenters. The largest absolute Gasteiger partial charge is 0.482 e. The molecule has 2 aromatic rings. The molecule has 3 N–H and O–H groups in total. The lowest BCUT2D eigenvalue weighted by atomic mass is 10.1. The van der Waals surface area contributed by atoms with E-state index in [0.717, 1.165) is 12.0 Å². The third-order valence-electron chi connectivity index (χ3n) is 3.89. The summed E-state index contributed by atoms with van der Waals surface area (Å²) in [6, 6.07) is 12.5. The predicted octanol–water partition coefficient (Wildman–Crippen LogP) is 3.11. The highest BCUT2D eigenvalue weighted by Crippen LogP contribution is 2.29. The van der Waals surface area contributed by atoms with Crippen LogP contribution in [0.2, 0.25) is 10.0 Å². The molecule has 1 aliphatic carbocycles. The SMILES string of the molecule is NC1c2ccccc2CC1NC(=O)COc1ccc(Cl)cc1Cl. The van der Waals surface area contributed by atoms with E-state index in [1.54, 1.807) is 18.2 Å². The molecule has 2 aromatic carbocycles. The molecule has 1 aliphatic rings. The van der Waals surface area contributed by atoms with Gasteiger partial charge in [0.25, 0.3) is 5.91 Å². The van der Waals surface area contributed by atoms with E-state index >= 15 is 0 Å². The second-order valence-electron chi connectivity index (χ2n) is 5.47. The number of amides is 1. The molecule has 0 saturated heterocycles. The van der Waals surface area contributed by atoms with Crippen LogP contribution < -0.4 is 15.8 Å². The Bertz CT molecular complexity index is 736. The van der Waals surface area contributed by atoms with Crippen LogP contribution in [-0.4, -0.2) is 18.6 Å². The van der Waals surface area contributed by atoms with Crippen molar-refractivity contribution in [1.82, 2.24) is 5.32 Å². The first-order valence-electron chi connectivity index (χ1n) is 7.25. The van der Waals surface area contributed by atoms with Gasteiger partial charge in [-0.1, -0.05) is 47.5 Å². The minimum atomic E-state index is -0.232. The number of fused-ring (bicyclic) bond motifs is 1. The first kappa shape index (κ1) is 16.1. The third kappa shape index (κ3) is 3.61. The number of carbonyl (C=O) groups is 1. The molecule has 1 amide bonds. The van der Waals surface area contributed by atoms with E-state index < -0.39 is 0 Å². The summed E-state index contributed by atoms with van der Waals surface area (Å²) in [6.07, 6.45) is 0.727. The number of carbonyl (C=O) groups excluding carboxylic acids is 1. The van der Waals surface area contributed by atoms with Crippen molar-refractivity contribution in [3.05, 3.63) is 63.6 Å². The Morgan fingerprint density at radius 2 is 2.04 bits per heavy atom. The van der Waals surface area contributed by atoms with E-state index in [0.29, 0.717) is 15.8 Å². The summed E-state index contributed by atoms with van der Waals surface area (Å²) in [5.74, 6) is 0.189. The Hall–Kier alpha value is -1.75. The molecule has 3 rings (SSSR count). The summed E-state index contributed by atoms with van der Waals surface area (Å²) in [7, 11) is 0.